The largest absolute Gasteiger partial charge is 0.352 e. The molecule has 1 N–H and O–H groups in total. The van der Waals surface area contributed by atoms with Gasteiger partial charge in [-0.3, -0.25) is 28.1 Å². The van der Waals surface area contributed by atoms with Crippen LogP contribution in [0.3, 0.4) is 0 Å². The third-order valence-electron chi connectivity index (χ3n) is 7.67. The third-order valence-corrected chi connectivity index (χ3v) is 8.02. The van der Waals surface area contributed by atoms with Crippen LogP contribution < -0.4 is 21.5 Å². The number of halogens is 2. The summed E-state index contributed by atoms with van der Waals surface area (Å²) in [5.74, 6) is -0.570. The summed E-state index contributed by atoms with van der Waals surface area (Å²) in [6, 6.07) is 4.32. The molecule has 0 radical (unpaired) electrons. The summed E-state index contributed by atoms with van der Waals surface area (Å²) in [6.45, 7) is 3.35. The first-order valence-electron chi connectivity index (χ1n) is 13.0. The van der Waals surface area contributed by atoms with Gasteiger partial charge < -0.3 is 15.1 Å². The number of benzene rings is 1. The minimum atomic E-state index is -0.551. The summed E-state index contributed by atoms with van der Waals surface area (Å²) in [6.07, 6.45) is 2.11. The number of likely N-dealkylation sites (tertiary alicyclic amines) is 1. The predicted molar refractivity (Wildman–Crippen MR) is 144 cm³/mol. The van der Waals surface area contributed by atoms with Gasteiger partial charge in [0.15, 0.2) is 11.2 Å². The number of fused-ring (bicyclic) bond motifs is 1. The van der Waals surface area contributed by atoms with Crippen molar-refractivity contribution in [2.45, 2.75) is 38.8 Å². The Kier molecular flexibility index (Phi) is 7.23. The highest BCUT2D eigenvalue weighted by atomic mass is 35.5. The molecule has 13 heteroatoms. The van der Waals surface area contributed by atoms with E-state index in [4.69, 9.17) is 16.6 Å². The second-order valence-corrected chi connectivity index (χ2v) is 10.7. The Morgan fingerprint density at radius 3 is 2.62 bits per heavy atom. The Bertz CT molecular complexity index is 1560. The smallest absolute Gasteiger partial charge is 0.332 e. The molecule has 2 amide bonds. The van der Waals surface area contributed by atoms with E-state index in [2.05, 4.69) is 5.32 Å². The molecule has 0 saturated carbocycles. The molecule has 2 aliphatic rings. The van der Waals surface area contributed by atoms with Gasteiger partial charge >= 0.3 is 5.69 Å². The summed E-state index contributed by atoms with van der Waals surface area (Å²) >= 11 is 6.34. The molecule has 0 bridgehead atoms. The first-order valence-corrected chi connectivity index (χ1v) is 13.3. The van der Waals surface area contributed by atoms with Crippen LogP contribution >= 0.6 is 11.6 Å². The molecule has 2 unspecified atom stereocenters. The number of nitrogens with zero attached hydrogens (tertiary/aromatic N) is 6. The lowest BCUT2D eigenvalue weighted by Gasteiger charge is -2.34. The zero-order chi connectivity index (χ0) is 28.0. The lowest BCUT2D eigenvalue weighted by atomic mass is 9.97. The first kappa shape index (κ1) is 26.9. The van der Waals surface area contributed by atoms with E-state index in [1.54, 1.807) is 15.5 Å². The summed E-state index contributed by atoms with van der Waals surface area (Å²) in [4.78, 5) is 59.2. The Morgan fingerprint density at radius 1 is 1.13 bits per heavy atom. The third kappa shape index (κ3) is 4.93. The van der Waals surface area contributed by atoms with E-state index < -0.39 is 17.1 Å². The van der Waals surface area contributed by atoms with Gasteiger partial charge in [0, 0.05) is 63.8 Å². The molecular formula is C26H31ClFN7O4. The number of carbonyl (C=O) groups is 2. The van der Waals surface area contributed by atoms with Crippen LogP contribution in [0.5, 0.6) is 0 Å². The fourth-order valence-corrected chi connectivity index (χ4v) is 5.87. The van der Waals surface area contributed by atoms with Crippen LogP contribution in [-0.4, -0.2) is 67.6 Å². The topological polar surface area (TPSA) is 114 Å². The number of nitrogens with one attached hydrogen (secondary N) is 1. The molecule has 208 valence electrons. The molecular weight excluding hydrogens is 529 g/mol. The van der Waals surface area contributed by atoms with Gasteiger partial charge in [-0.15, -0.1) is 0 Å². The van der Waals surface area contributed by atoms with Gasteiger partial charge in [0.05, 0.1) is 12.5 Å². The van der Waals surface area contributed by atoms with Gasteiger partial charge in [0.2, 0.25) is 17.8 Å². The van der Waals surface area contributed by atoms with Crippen LogP contribution in [0.25, 0.3) is 11.2 Å². The maximum atomic E-state index is 14.8. The van der Waals surface area contributed by atoms with Crippen molar-refractivity contribution in [3.05, 3.63) is 55.4 Å². The van der Waals surface area contributed by atoms with E-state index in [1.165, 1.54) is 37.7 Å². The monoisotopic (exact) mass is 559 g/mol. The highest BCUT2D eigenvalue weighted by molar-refractivity contribution is 6.31. The van der Waals surface area contributed by atoms with Crippen LogP contribution in [-0.2, 0) is 30.2 Å². The molecule has 4 heterocycles. The lowest BCUT2D eigenvalue weighted by Crippen LogP contribution is -2.46. The SMILES string of the molecule is CC(=O)NC1CCN(C(=O)C2CCCN(c3nc4c(c(=O)n(C)c(=O)n4C)n3Cc3c(F)cccc3Cl)C2)C1. The predicted octanol–water partition coefficient (Wildman–Crippen LogP) is 1.23. The van der Waals surface area contributed by atoms with Crippen LogP contribution in [0.1, 0.15) is 31.7 Å². The second kappa shape index (κ2) is 10.5. The van der Waals surface area contributed by atoms with Crippen molar-refractivity contribution in [2.75, 3.05) is 31.1 Å². The van der Waals surface area contributed by atoms with Crippen molar-refractivity contribution in [1.29, 1.82) is 0 Å². The van der Waals surface area contributed by atoms with E-state index in [0.29, 0.717) is 51.4 Å². The number of carbonyl (C=O) groups excluding carboxylic acids is 2. The van der Waals surface area contributed by atoms with Gasteiger partial charge in [-0.05, 0) is 31.4 Å². The lowest BCUT2D eigenvalue weighted by molar-refractivity contribution is -0.135. The zero-order valence-electron chi connectivity index (χ0n) is 22.1. The maximum absolute atomic E-state index is 14.8. The molecule has 2 aromatic heterocycles. The molecule has 39 heavy (non-hydrogen) atoms. The van der Waals surface area contributed by atoms with Gasteiger partial charge in [-0.2, -0.15) is 4.98 Å². The molecule has 0 spiro atoms. The number of aryl methyl sites for hydroxylation is 1. The first-order chi connectivity index (χ1) is 18.6. The molecule has 2 aliphatic heterocycles. The minimum absolute atomic E-state index is 0.00988. The van der Waals surface area contributed by atoms with Crippen LogP contribution in [0.2, 0.25) is 5.02 Å². The van der Waals surface area contributed by atoms with Crippen molar-refractivity contribution >= 4 is 40.5 Å². The van der Waals surface area contributed by atoms with Crippen LogP contribution in [0, 0.1) is 11.7 Å². The number of anilines is 1. The average Bonchev–Trinajstić information content (AvgIpc) is 3.52. The van der Waals surface area contributed by atoms with E-state index in [-0.39, 0.29) is 52.1 Å². The van der Waals surface area contributed by atoms with Gasteiger partial charge in [0.1, 0.15) is 5.82 Å². The normalized spacial score (nSPS) is 19.6. The zero-order valence-corrected chi connectivity index (χ0v) is 22.9. The van der Waals surface area contributed by atoms with E-state index >= 15 is 0 Å². The Hall–Kier alpha value is -3.67. The Morgan fingerprint density at radius 2 is 1.90 bits per heavy atom. The standard InChI is InChI=1S/C26H31ClFN7O4/c1-15(36)29-17-9-11-33(13-17)23(37)16-6-5-10-34(12-16)25-30-22-21(24(38)32(3)26(39)31(22)2)35(25)14-18-19(27)7-4-8-20(18)28/h4,7-8,16-17H,5-6,9-14H2,1-3H3,(H,29,36). The van der Waals surface area contributed by atoms with Crippen molar-refractivity contribution in [1.82, 2.24) is 28.9 Å². The van der Waals surface area contributed by atoms with Crippen molar-refractivity contribution in [3.8, 4) is 0 Å². The number of piperidine rings is 1. The highest BCUT2D eigenvalue weighted by Crippen LogP contribution is 2.29. The summed E-state index contributed by atoms with van der Waals surface area (Å²) in [5.41, 5.74) is -0.551. The van der Waals surface area contributed by atoms with Crippen molar-refractivity contribution in [2.24, 2.45) is 20.0 Å². The van der Waals surface area contributed by atoms with Crippen LogP contribution in [0.15, 0.2) is 27.8 Å². The number of aromatic nitrogens is 4. The summed E-state index contributed by atoms with van der Waals surface area (Å²) in [7, 11) is 2.92. The minimum Gasteiger partial charge on any atom is -0.352 e. The quantitative estimate of drug-likeness (QED) is 0.503. The molecule has 2 fully saturated rings. The molecule has 11 nitrogen and oxygen atoms in total. The molecule has 0 aliphatic carbocycles. The summed E-state index contributed by atoms with van der Waals surface area (Å²) in [5, 5.41) is 3.09. The van der Waals surface area contributed by atoms with Gasteiger partial charge in [0.25, 0.3) is 5.56 Å². The molecule has 5 rings (SSSR count). The fourth-order valence-electron chi connectivity index (χ4n) is 5.65. The van der Waals surface area contributed by atoms with E-state index in [9.17, 15) is 23.6 Å². The number of hydrogen-bond acceptors (Lipinski definition) is 6. The van der Waals surface area contributed by atoms with Gasteiger partial charge in [-0.1, -0.05) is 17.7 Å². The molecule has 1 aromatic carbocycles. The van der Waals surface area contributed by atoms with E-state index in [1.807, 2.05) is 4.90 Å². The van der Waals surface area contributed by atoms with Gasteiger partial charge in [-0.25, -0.2) is 9.18 Å². The second-order valence-electron chi connectivity index (χ2n) is 10.3. The molecule has 2 atom stereocenters. The van der Waals surface area contributed by atoms with Crippen molar-refractivity contribution < 1.29 is 14.0 Å². The van der Waals surface area contributed by atoms with Crippen LogP contribution in [0.4, 0.5) is 10.3 Å². The highest BCUT2D eigenvalue weighted by Gasteiger charge is 2.35. The molecule has 2 saturated heterocycles. The Labute approximate surface area is 228 Å². The molecule has 3 aromatic rings. The summed E-state index contributed by atoms with van der Waals surface area (Å²) < 4.78 is 18.7. The number of imidazole rings is 1. The van der Waals surface area contributed by atoms with Crippen molar-refractivity contribution in [3.63, 3.8) is 0 Å². The number of rotatable bonds is 5. The number of amides is 2. The fraction of sp³-hybridized carbons (Fsp3) is 0.500. The average molecular weight is 560 g/mol. The Balaban J connectivity index is 1.52. The maximum Gasteiger partial charge on any atom is 0.332 e. The number of hydrogen-bond donors (Lipinski definition) is 1. The van der Waals surface area contributed by atoms with E-state index in [0.717, 1.165) is 4.57 Å².